The number of rotatable bonds is 3. The van der Waals surface area contributed by atoms with Crippen molar-refractivity contribution in [1.82, 2.24) is 20.2 Å². The molecule has 0 atom stereocenters. The molecule has 3 rings (SSSR count). The van der Waals surface area contributed by atoms with Gasteiger partial charge in [-0.15, -0.1) is 0 Å². The normalized spacial score (nSPS) is 10.8. The van der Waals surface area contributed by atoms with Crippen LogP contribution in [0.15, 0.2) is 28.9 Å². The number of nitrogens with zero attached hydrogens (tertiary/aromatic N) is 3. The van der Waals surface area contributed by atoms with Gasteiger partial charge in [0.2, 0.25) is 5.95 Å². The second kappa shape index (κ2) is 5.02. The average molecular weight is 338 g/mol. The Labute approximate surface area is 120 Å². The third-order valence-corrected chi connectivity index (χ3v) is 3.11. The first-order chi connectivity index (χ1) is 9.67. The zero-order valence-electron chi connectivity index (χ0n) is 9.98. The Kier molecular flexibility index (Phi) is 3.20. The maximum absolute atomic E-state index is 13.8. The molecular weight excluding hydrogens is 329 g/mol. The maximum atomic E-state index is 13.8. The molecule has 3 aromatic rings. The molecule has 0 unspecified atom stereocenters. The van der Waals surface area contributed by atoms with Crippen LogP contribution < -0.4 is 16.6 Å². The standard InChI is InChI=1S/C11H9BrFN7/c12-5-1-2-7(13)8(3-5)16-9-6-4-15-20-10(6)18-11(17-9)19-14/h1-4H,14H2,(H3,15,16,17,18,19,20). The first kappa shape index (κ1) is 12.8. The molecule has 0 radical (unpaired) electrons. The highest BCUT2D eigenvalue weighted by Gasteiger charge is 2.11. The molecule has 0 saturated heterocycles. The predicted molar refractivity (Wildman–Crippen MR) is 76.9 cm³/mol. The van der Waals surface area contributed by atoms with Gasteiger partial charge in [0.05, 0.1) is 17.3 Å². The van der Waals surface area contributed by atoms with Gasteiger partial charge in [0.25, 0.3) is 0 Å². The molecule has 2 aromatic heterocycles. The number of nitrogen functional groups attached to an aromatic ring is 1. The summed E-state index contributed by atoms with van der Waals surface area (Å²) in [6.07, 6.45) is 1.55. The Morgan fingerprint density at radius 1 is 1.30 bits per heavy atom. The lowest BCUT2D eigenvalue weighted by Crippen LogP contribution is -2.11. The van der Waals surface area contributed by atoms with Crippen LogP contribution in [-0.4, -0.2) is 20.2 Å². The summed E-state index contributed by atoms with van der Waals surface area (Å²) in [7, 11) is 0. The fourth-order valence-corrected chi connectivity index (χ4v) is 2.08. The second-order valence-electron chi connectivity index (χ2n) is 3.92. The first-order valence-electron chi connectivity index (χ1n) is 5.57. The van der Waals surface area contributed by atoms with Gasteiger partial charge < -0.3 is 5.32 Å². The molecular formula is C11H9BrFN7. The lowest BCUT2D eigenvalue weighted by molar-refractivity contribution is 0.631. The summed E-state index contributed by atoms with van der Waals surface area (Å²) in [4.78, 5) is 8.25. The van der Waals surface area contributed by atoms with Gasteiger partial charge in [0.15, 0.2) is 5.65 Å². The van der Waals surface area contributed by atoms with E-state index in [0.29, 0.717) is 16.9 Å². The zero-order chi connectivity index (χ0) is 14.1. The third-order valence-electron chi connectivity index (χ3n) is 2.62. The number of halogens is 2. The lowest BCUT2D eigenvalue weighted by Gasteiger charge is -2.09. The summed E-state index contributed by atoms with van der Waals surface area (Å²) in [5.74, 6) is 5.50. The molecule has 2 heterocycles. The van der Waals surface area contributed by atoms with Crippen molar-refractivity contribution in [1.29, 1.82) is 0 Å². The molecule has 0 spiro atoms. The highest BCUT2D eigenvalue weighted by molar-refractivity contribution is 9.10. The van der Waals surface area contributed by atoms with Crippen LogP contribution in [0.2, 0.25) is 0 Å². The number of nitrogens with one attached hydrogen (secondary N) is 3. The van der Waals surface area contributed by atoms with E-state index in [1.165, 1.54) is 6.07 Å². The molecule has 0 amide bonds. The van der Waals surface area contributed by atoms with Crippen molar-refractivity contribution in [2.75, 3.05) is 10.7 Å². The molecule has 9 heteroatoms. The molecule has 0 saturated carbocycles. The van der Waals surface area contributed by atoms with Gasteiger partial charge in [-0.2, -0.15) is 15.1 Å². The molecule has 1 aromatic carbocycles. The van der Waals surface area contributed by atoms with E-state index in [1.807, 2.05) is 0 Å². The maximum Gasteiger partial charge on any atom is 0.241 e. The lowest BCUT2D eigenvalue weighted by atomic mass is 10.3. The summed E-state index contributed by atoms with van der Waals surface area (Å²) in [6.45, 7) is 0. The van der Waals surface area contributed by atoms with Crippen molar-refractivity contribution in [3.05, 3.63) is 34.7 Å². The van der Waals surface area contributed by atoms with Crippen LogP contribution in [0.3, 0.4) is 0 Å². The molecule has 102 valence electrons. The van der Waals surface area contributed by atoms with Crippen molar-refractivity contribution < 1.29 is 4.39 Å². The number of H-pyrrole nitrogens is 1. The van der Waals surface area contributed by atoms with Crippen LogP contribution in [0.5, 0.6) is 0 Å². The van der Waals surface area contributed by atoms with E-state index in [1.54, 1.807) is 18.3 Å². The van der Waals surface area contributed by atoms with E-state index >= 15 is 0 Å². The first-order valence-corrected chi connectivity index (χ1v) is 6.36. The smallest absolute Gasteiger partial charge is 0.241 e. The largest absolute Gasteiger partial charge is 0.337 e. The number of aromatic amines is 1. The molecule has 7 nitrogen and oxygen atoms in total. The van der Waals surface area contributed by atoms with Gasteiger partial charge >= 0.3 is 0 Å². The average Bonchev–Trinajstić information content (AvgIpc) is 2.91. The van der Waals surface area contributed by atoms with Crippen molar-refractivity contribution in [3.8, 4) is 0 Å². The fourth-order valence-electron chi connectivity index (χ4n) is 1.72. The number of fused-ring (bicyclic) bond motifs is 1. The molecule has 20 heavy (non-hydrogen) atoms. The Morgan fingerprint density at radius 3 is 2.95 bits per heavy atom. The minimum atomic E-state index is -0.397. The van der Waals surface area contributed by atoms with Crippen molar-refractivity contribution in [3.63, 3.8) is 0 Å². The topological polar surface area (TPSA) is 105 Å². The van der Waals surface area contributed by atoms with E-state index in [9.17, 15) is 4.39 Å². The van der Waals surface area contributed by atoms with E-state index in [0.717, 1.165) is 4.47 Å². The minimum absolute atomic E-state index is 0.194. The number of aromatic nitrogens is 4. The Bertz CT molecular complexity index is 773. The van der Waals surface area contributed by atoms with Gasteiger partial charge in [0.1, 0.15) is 11.6 Å². The van der Waals surface area contributed by atoms with E-state index in [2.05, 4.69) is 46.8 Å². The van der Waals surface area contributed by atoms with E-state index in [-0.39, 0.29) is 11.6 Å². The predicted octanol–water partition coefficient (Wildman–Crippen LogP) is 2.28. The Morgan fingerprint density at radius 2 is 2.15 bits per heavy atom. The van der Waals surface area contributed by atoms with Gasteiger partial charge in [0, 0.05) is 4.47 Å². The van der Waals surface area contributed by atoms with Crippen LogP contribution in [0, 0.1) is 5.82 Å². The molecule has 0 aliphatic rings. The van der Waals surface area contributed by atoms with Gasteiger partial charge in [-0.05, 0) is 18.2 Å². The summed E-state index contributed by atoms with van der Waals surface area (Å²) in [6, 6.07) is 4.57. The molecule has 0 aliphatic heterocycles. The summed E-state index contributed by atoms with van der Waals surface area (Å²) in [5.41, 5.74) is 3.12. The van der Waals surface area contributed by atoms with Gasteiger partial charge in [-0.25, -0.2) is 10.2 Å². The Hall–Kier alpha value is -2.26. The molecule has 0 aliphatic carbocycles. The number of hydrogen-bond acceptors (Lipinski definition) is 6. The van der Waals surface area contributed by atoms with Crippen LogP contribution >= 0.6 is 15.9 Å². The number of nitrogens with two attached hydrogens (primary N) is 1. The van der Waals surface area contributed by atoms with Gasteiger partial charge in [-0.1, -0.05) is 15.9 Å². The van der Waals surface area contributed by atoms with Crippen LogP contribution in [0.4, 0.5) is 21.8 Å². The highest BCUT2D eigenvalue weighted by atomic mass is 79.9. The third kappa shape index (κ3) is 2.28. The SMILES string of the molecule is NNc1nc(Nc2cc(Br)ccc2F)c2cn[nH]c2n1. The molecule has 0 bridgehead atoms. The number of anilines is 3. The highest BCUT2D eigenvalue weighted by Crippen LogP contribution is 2.27. The minimum Gasteiger partial charge on any atom is -0.337 e. The van der Waals surface area contributed by atoms with Crippen LogP contribution in [-0.2, 0) is 0 Å². The van der Waals surface area contributed by atoms with Crippen LogP contribution in [0.25, 0.3) is 11.0 Å². The number of hydrogen-bond donors (Lipinski definition) is 4. The van der Waals surface area contributed by atoms with E-state index < -0.39 is 5.82 Å². The fraction of sp³-hybridized carbons (Fsp3) is 0. The van der Waals surface area contributed by atoms with E-state index in [4.69, 9.17) is 5.84 Å². The number of hydrazine groups is 1. The molecule has 0 fully saturated rings. The van der Waals surface area contributed by atoms with Crippen molar-refractivity contribution in [2.45, 2.75) is 0 Å². The molecule has 5 N–H and O–H groups in total. The summed E-state index contributed by atoms with van der Waals surface area (Å²) < 4.78 is 14.5. The van der Waals surface area contributed by atoms with Crippen molar-refractivity contribution in [2.24, 2.45) is 5.84 Å². The summed E-state index contributed by atoms with van der Waals surface area (Å²) in [5, 5.41) is 10.1. The number of benzene rings is 1. The summed E-state index contributed by atoms with van der Waals surface area (Å²) >= 11 is 3.29. The van der Waals surface area contributed by atoms with Crippen molar-refractivity contribution >= 4 is 44.4 Å². The zero-order valence-corrected chi connectivity index (χ0v) is 11.6. The van der Waals surface area contributed by atoms with Gasteiger partial charge in [-0.3, -0.25) is 10.5 Å². The second-order valence-corrected chi connectivity index (χ2v) is 4.84. The monoisotopic (exact) mass is 337 g/mol. The van der Waals surface area contributed by atoms with Crippen LogP contribution in [0.1, 0.15) is 0 Å². The quantitative estimate of drug-likeness (QED) is 0.431. The Balaban J connectivity index is 2.09.